The highest BCUT2D eigenvalue weighted by molar-refractivity contribution is 5.67. The number of rotatable bonds is 5. The van der Waals surface area contributed by atoms with Gasteiger partial charge in [0.1, 0.15) is 6.61 Å². The van der Waals surface area contributed by atoms with Gasteiger partial charge in [-0.15, -0.1) is 0 Å². The van der Waals surface area contributed by atoms with Crippen LogP contribution in [0.2, 0.25) is 0 Å². The van der Waals surface area contributed by atoms with Crippen LogP contribution >= 0.6 is 0 Å². The van der Waals surface area contributed by atoms with E-state index in [4.69, 9.17) is 4.74 Å². The molecule has 1 unspecified atom stereocenters. The normalized spacial score (nSPS) is 18.2. The number of likely N-dealkylation sites (tertiary alicyclic amines) is 1. The van der Waals surface area contributed by atoms with Crippen LogP contribution in [0.1, 0.15) is 25.3 Å². The van der Waals surface area contributed by atoms with E-state index in [2.05, 4.69) is 17.1 Å². The Bertz CT molecular complexity index is 428. The number of carbonyl (C=O) groups is 1. The molecule has 0 spiro atoms. The molecule has 1 radical (unpaired) electrons. The molecule has 1 N–H and O–H groups in total. The zero-order valence-electron chi connectivity index (χ0n) is 12.8. The van der Waals surface area contributed by atoms with E-state index >= 15 is 0 Å². The largest absolute Gasteiger partial charge is 0.445 e. The summed E-state index contributed by atoms with van der Waals surface area (Å²) in [4.78, 5) is 14.1. The molecule has 1 aliphatic heterocycles. The fourth-order valence-electron chi connectivity index (χ4n) is 2.57. The van der Waals surface area contributed by atoms with Gasteiger partial charge >= 0.3 is 6.09 Å². The molecule has 1 atom stereocenters. The summed E-state index contributed by atoms with van der Waals surface area (Å²) in [7, 11) is 0. The Morgan fingerprint density at radius 1 is 1.38 bits per heavy atom. The number of alkyl carbamates (subject to hydrolysis) is 1. The number of ether oxygens (including phenoxy) is 1. The minimum Gasteiger partial charge on any atom is -0.445 e. The van der Waals surface area contributed by atoms with Crippen molar-refractivity contribution < 1.29 is 9.53 Å². The molecule has 1 heterocycles. The lowest BCUT2D eigenvalue weighted by Gasteiger charge is -2.32. The SMILES string of the molecule is [CH2]C1CCN(CC(C)NC(=O)OCc2ccccc2)CC1. The van der Waals surface area contributed by atoms with Gasteiger partial charge in [0.15, 0.2) is 0 Å². The third kappa shape index (κ3) is 5.76. The fourth-order valence-corrected chi connectivity index (χ4v) is 2.57. The van der Waals surface area contributed by atoms with Crippen molar-refractivity contribution in [1.82, 2.24) is 10.2 Å². The first-order valence-electron chi connectivity index (χ1n) is 7.66. The van der Waals surface area contributed by atoms with Gasteiger partial charge in [-0.3, -0.25) is 0 Å². The summed E-state index contributed by atoms with van der Waals surface area (Å²) in [5.41, 5.74) is 0.998. The van der Waals surface area contributed by atoms with Gasteiger partial charge in [-0.05, 0) is 44.3 Å². The summed E-state index contributed by atoms with van der Waals surface area (Å²) in [6.45, 7) is 9.43. The Kier molecular flexibility index (Phi) is 6.05. The van der Waals surface area contributed by atoms with Crippen LogP contribution in [0.15, 0.2) is 30.3 Å². The predicted molar refractivity (Wildman–Crippen MR) is 83.7 cm³/mol. The molecule has 1 aromatic carbocycles. The van der Waals surface area contributed by atoms with Crippen molar-refractivity contribution in [3.05, 3.63) is 42.8 Å². The minimum atomic E-state index is -0.349. The summed E-state index contributed by atoms with van der Waals surface area (Å²) >= 11 is 0. The number of piperidine rings is 1. The summed E-state index contributed by atoms with van der Waals surface area (Å²) < 4.78 is 5.23. The first-order valence-corrected chi connectivity index (χ1v) is 7.66. The molecule has 115 valence electrons. The molecule has 2 rings (SSSR count). The van der Waals surface area contributed by atoms with Gasteiger partial charge in [0.05, 0.1) is 0 Å². The second kappa shape index (κ2) is 8.03. The van der Waals surface area contributed by atoms with E-state index in [1.807, 2.05) is 37.3 Å². The van der Waals surface area contributed by atoms with E-state index in [0.717, 1.165) is 38.0 Å². The van der Waals surface area contributed by atoms with Crippen molar-refractivity contribution in [2.45, 2.75) is 32.4 Å². The third-order valence-electron chi connectivity index (χ3n) is 3.82. The van der Waals surface area contributed by atoms with Crippen LogP contribution < -0.4 is 5.32 Å². The number of nitrogens with one attached hydrogen (secondary N) is 1. The highest BCUT2D eigenvalue weighted by Gasteiger charge is 2.18. The molecule has 21 heavy (non-hydrogen) atoms. The van der Waals surface area contributed by atoms with Gasteiger partial charge in [0, 0.05) is 12.6 Å². The highest BCUT2D eigenvalue weighted by Crippen LogP contribution is 2.15. The maximum atomic E-state index is 11.8. The Hall–Kier alpha value is -1.55. The van der Waals surface area contributed by atoms with Crippen LogP contribution in [-0.2, 0) is 11.3 Å². The Labute approximate surface area is 127 Å². The van der Waals surface area contributed by atoms with Crippen molar-refractivity contribution >= 4 is 6.09 Å². The molecule has 0 aromatic heterocycles. The van der Waals surface area contributed by atoms with Crippen molar-refractivity contribution in [3.8, 4) is 0 Å². The monoisotopic (exact) mass is 289 g/mol. The van der Waals surface area contributed by atoms with E-state index in [0.29, 0.717) is 12.5 Å². The van der Waals surface area contributed by atoms with Crippen LogP contribution in [0.3, 0.4) is 0 Å². The summed E-state index contributed by atoms with van der Waals surface area (Å²) in [5.74, 6) is 0.584. The lowest BCUT2D eigenvalue weighted by Crippen LogP contribution is -2.44. The Morgan fingerprint density at radius 2 is 2.05 bits per heavy atom. The maximum Gasteiger partial charge on any atom is 0.407 e. The third-order valence-corrected chi connectivity index (χ3v) is 3.82. The van der Waals surface area contributed by atoms with E-state index in [1.54, 1.807) is 0 Å². The average molecular weight is 289 g/mol. The molecule has 1 fully saturated rings. The van der Waals surface area contributed by atoms with Crippen LogP contribution in [0.4, 0.5) is 4.79 Å². The van der Waals surface area contributed by atoms with E-state index < -0.39 is 0 Å². The second-order valence-electron chi connectivity index (χ2n) is 5.85. The smallest absolute Gasteiger partial charge is 0.407 e. The molecule has 1 amide bonds. The molecule has 4 heteroatoms. The zero-order chi connectivity index (χ0) is 15.1. The maximum absolute atomic E-state index is 11.8. The van der Waals surface area contributed by atoms with Gasteiger partial charge in [0.2, 0.25) is 0 Å². The number of benzene rings is 1. The lowest BCUT2D eigenvalue weighted by atomic mass is 9.99. The first-order chi connectivity index (χ1) is 10.1. The summed E-state index contributed by atoms with van der Waals surface area (Å²) in [5, 5.41) is 2.89. The van der Waals surface area contributed by atoms with Crippen molar-refractivity contribution in [2.24, 2.45) is 5.92 Å². The first kappa shape index (κ1) is 15.8. The van der Waals surface area contributed by atoms with E-state index in [1.165, 1.54) is 0 Å². The highest BCUT2D eigenvalue weighted by atomic mass is 16.5. The summed E-state index contributed by atoms with van der Waals surface area (Å²) in [6, 6.07) is 9.80. The number of amides is 1. The average Bonchev–Trinajstić information content (AvgIpc) is 2.48. The predicted octanol–water partition coefficient (Wildman–Crippen LogP) is 2.85. The zero-order valence-corrected chi connectivity index (χ0v) is 12.8. The van der Waals surface area contributed by atoms with Gasteiger partial charge < -0.3 is 15.0 Å². The number of hydrogen-bond acceptors (Lipinski definition) is 3. The molecule has 4 nitrogen and oxygen atoms in total. The van der Waals surface area contributed by atoms with Crippen LogP contribution in [0.5, 0.6) is 0 Å². The second-order valence-corrected chi connectivity index (χ2v) is 5.85. The summed E-state index contributed by atoms with van der Waals surface area (Å²) in [6.07, 6.45) is 1.94. The van der Waals surface area contributed by atoms with Crippen LogP contribution in [0, 0.1) is 12.8 Å². The number of carbonyl (C=O) groups excluding carboxylic acids is 1. The van der Waals surface area contributed by atoms with Crippen molar-refractivity contribution in [2.75, 3.05) is 19.6 Å². The molecular weight excluding hydrogens is 264 g/mol. The van der Waals surface area contributed by atoms with E-state index in [9.17, 15) is 4.79 Å². The standard InChI is InChI=1S/C17H25N2O2/c1-14-8-10-19(11-9-14)12-15(2)18-17(20)21-13-16-6-4-3-5-7-16/h3-7,14-15H,1,8-13H2,2H3,(H,18,20). The number of hydrogen-bond donors (Lipinski definition) is 1. The van der Waals surface area contributed by atoms with Crippen LogP contribution in [-0.4, -0.2) is 36.7 Å². The van der Waals surface area contributed by atoms with Gasteiger partial charge in [-0.25, -0.2) is 4.79 Å². The van der Waals surface area contributed by atoms with Gasteiger partial charge in [-0.2, -0.15) is 0 Å². The molecule has 1 saturated heterocycles. The Balaban J connectivity index is 1.65. The van der Waals surface area contributed by atoms with Crippen molar-refractivity contribution in [1.29, 1.82) is 0 Å². The van der Waals surface area contributed by atoms with E-state index in [-0.39, 0.29) is 12.1 Å². The van der Waals surface area contributed by atoms with Gasteiger partial charge in [0.25, 0.3) is 0 Å². The molecule has 0 bridgehead atoms. The lowest BCUT2D eigenvalue weighted by molar-refractivity contribution is 0.129. The molecule has 1 aliphatic rings. The molecule has 0 saturated carbocycles. The minimum absolute atomic E-state index is 0.0923. The topological polar surface area (TPSA) is 41.6 Å². The molecular formula is C17H25N2O2. The Morgan fingerprint density at radius 3 is 2.71 bits per heavy atom. The number of nitrogens with zero attached hydrogens (tertiary/aromatic N) is 1. The van der Waals surface area contributed by atoms with Gasteiger partial charge in [-0.1, -0.05) is 37.3 Å². The van der Waals surface area contributed by atoms with Crippen LogP contribution in [0.25, 0.3) is 0 Å². The molecule has 0 aliphatic carbocycles. The molecule has 1 aromatic rings. The fraction of sp³-hybridized carbons (Fsp3) is 0.529. The van der Waals surface area contributed by atoms with Crippen molar-refractivity contribution in [3.63, 3.8) is 0 Å². The quantitative estimate of drug-likeness (QED) is 0.906.